The monoisotopic (exact) mass is 179 g/mol. The van der Waals surface area contributed by atoms with Gasteiger partial charge in [-0.05, 0) is 18.1 Å². The van der Waals surface area contributed by atoms with Crippen molar-refractivity contribution in [2.75, 3.05) is 0 Å². The summed E-state index contributed by atoms with van der Waals surface area (Å²) in [4.78, 5) is 10.2. The molecule has 0 saturated heterocycles. The smallest absolute Gasteiger partial charge is 0.235 e. The van der Waals surface area contributed by atoms with Gasteiger partial charge in [0, 0.05) is 17.4 Å². The van der Waals surface area contributed by atoms with Crippen molar-refractivity contribution in [2.45, 2.75) is 26.3 Å². The topological polar surface area (TPSA) is 43.1 Å². The minimum absolute atomic E-state index is 0.269. The van der Waals surface area contributed by atoms with E-state index in [1.807, 2.05) is 25.1 Å². The first kappa shape index (κ1) is 9.71. The van der Waals surface area contributed by atoms with Gasteiger partial charge >= 0.3 is 0 Å². The summed E-state index contributed by atoms with van der Waals surface area (Å²) in [6.07, 6.45) is 0.915. The van der Waals surface area contributed by atoms with Crippen LogP contribution in [0.5, 0.6) is 0 Å². The number of rotatable bonds is 3. The third kappa shape index (κ3) is 2.28. The van der Waals surface area contributed by atoms with Crippen LogP contribution < -0.4 is 0 Å². The van der Waals surface area contributed by atoms with E-state index in [-0.39, 0.29) is 4.92 Å². The van der Waals surface area contributed by atoms with E-state index in [2.05, 4.69) is 0 Å². The van der Waals surface area contributed by atoms with Gasteiger partial charge in [-0.25, -0.2) is 0 Å². The number of nitrogens with zero attached hydrogens (tertiary/aromatic N) is 1. The van der Waals surface area contributed by atoms with Crippen LogP contribution in [-0.4, -0.2) is 4.92 Å². The van der Waals surface area contributed by atoms with Crippen LogP contribution >= 0.6 is 0 Å². The van der Waals surface area contributed by atoms with Gasteiger partial charge < -0.3 is 0 Å². The van der Waals surface area contributed by atoms with Crippen LogP contribution in [-0.2, 0) is 6.42 Å². The van der Waals surface area contributed by atoms with Crippen LogP contribution in [0.15, 0.2) is 24.3 Å². The molecule has 0 spiro atoms. The Hall–Kier alpha value is -1.38. The van der Waals surface area contributed by atoms with Gasteiger partial charge in [-0.15, -0.1) is 0 Å². The maximum absolute atomic E-state index is 10.5. The molecule has 70 valence electrons. The van der Waals surface area contributed by atoms with E-state index in [4.69, 9.17) is 0 Å². The van der Waals surface area contributed by atoms with Gasteiger partial charge in [0.05, 0.1) is 0 Å². The van der Waals surface area contributed by atoms with Crippen molar-refractivity contribution >= 4 is 0 Å². The first-order valence-corrected chi connectivity index (χ1v) is 4.37. The highest BCUT2D eigenvalue weighted by Crippen LogP contribution is 2.16. The lowest BCUT2D eigenvalue weighted by Crippen LogP contribution is -2.05. The van der Waals surface area contributed by atoms with Crippen LogP contribution in [0.2, 0.25) is 0 Å². The van der Waals surface area contributed by atoms with Crippen LogP contribution in [0, 0.1) is 10.1 Å². The maximum Gasteiger partial charge on any atom is 0.235 e. The SMILES string of the molecule is CCc1cccc(C(C)[N+](=O)[O-])c1. The molecule has 1 atom stereocenters. The number of nitro groups is 1. The summed E-state index contributed by atoms with van der Waals surface area (Å²) >= 11 is 0. The molecule has 0 heterocycles. The summed E-state index contributed by atoms with van der Waals surface area (Å²) < 4.78 is 0. The molecule has 1 unspecified atom stereocenters. The Bertz CT molecular complexity index is 310. The molecule has 0 aromatic heterocycles. The molecule has 3 heteroatoms. The summed E-state index contributed by atoms with van der Waals surface area (Å²) in [6, 6.07) is 6.94. The highest BCUT2D eigenvalue weighted by atomic mass is 16.6. The largest absolute Gasteiger partial charge is 0.264 e. The first-order chi connectivity index (χ1) is 6.15. The summed E-state index contributed by atoms with van der Waals surface area (Å²) in [5.41, 5.74) is 1.93. The van der Waals surface area contributed by atoms with E-state index in [9.17, 15) is 10.1 Å². The van der Waals surface area contributed by atoms with Gasteiger partial charge in [-0.2, -0.15) is 0 Å². The second-order valence-corrected chi connectivity index (χ2v) is 3.06. The molecule has 0 aliphatic rings. The molecule has 1 rings (SSSR count). The molecule has 0 saturated carbocycles. The van der Waals surface area contributed by atoms with Crippen LogP contribution in [0.4, 0.5) is 0 Å². The minimum Gasteiger partial charge on any atom is -0.264 e. The normalized spacial score (nSPS) is 12.5. The number of aryl methyl sites for hydroxylation is 1. The molecule has 0 N–H and O–H groups in total. The lowest BCUT2D eigenvalue weighted by molar-refractivity contribution is -0.524. The van der Waals surface area contributed by atoms with Crippen molar-refractivity contribution < 1.29 is 4.92 Å². The van der Waals surface area contributed by atoms with Gasteiger partial charge in [0.1, 0.15) is 0 Å². The zero-order valence-electron chi connectivity index (χ0n) is 7.86. The Morgan fingerprint density at radius 2 is 2.23 bits per heavy atom. The van der Waals surface area contributed by atoms with Gasteiger partial charge in [0.25, 0.3) is 0 Å². The molecular weight excluding hydrogens is 166 g/mol. The Morgan fingerprint density at radius 1 is 1.54 bits per heavy atom. The Labute approximate surface area is 77.5 Å². The second-order valence-electron chi connectivity index (χ2n) is 3.06. The summed E-state index contributed by atoms with van der Waals surface area (Å²) in [6.45, 7) is 3.64. The quantitative estimate of drug-likeness (QED) is 0.528. The lowest BCUT2D eigenvalue weighted by Gasteiger charge is -2.05. The third-order valence-corrected chi connectivity index (χ3v) is 2.16. The molecular formula is C10H13NO2. The van der Waals surface area contributed by atoms with E-state index >= 15 is 0 Å². The molecule has 0 bridgehead atoms. The zero-order chi connectivity index (χ0) is 9.84. The van der Waals surface area contributed by atoms with Gasteiger partial charge in [0.2, 0.25) is 6.04 Å². The fourth-order valence-corrected chi connectivity index (χ4v) is 1.19. The van der Waals surface area contributed by atoms with Gasteiger partial charge in [-0.1, -0.05) is 25.1 Å². The van der Waals surface area contributed by atoms with Crippen molar-refractivity contribution in [3.05, 3.63) is 45.5 Å². The molecule has 3 nitrogen and oxygen atoms in total. The number of benzene rings is 1. The molecule has 13 heavy (non-hydrogen) atoms. The predicted octanol–water partition coefficient (Wildman–Crippen LogP) is 2.59. The van der Waals surface area contributed by atoms with E-state index < -0.39 is 6.04 Å². The highest BCUT2D eigenvalue weighted by molar-refractivity contribution is 5.24. The second kappa shape index (κ2) is 4.03. The van der Waals surface area contributed by atoms with Crippen molar-refractivity contribution in [3.63, 3.8) is 0 Å². The lowest BCUT2D eigenvalue weighted by atomic mass is 10.0. The standard InChI is InChI=1S/C10H13NO2/c1-3-9-5-4-6-10(7-9)8(2)11(12)13/h4-8H,3H2,1-2H3. The maximum atomic E-state index is 10.5. The molecule has 1 aromatic carbocycles. The van der Waals surface area contributed by atoms with E-state index in [1.165, 1.54) is 0 Å². The summed E-state index contributed by atoms with van der Waals surface area (Å²) in [5.74, 6) is 0. The van der Waals surface area contributed by atoms with E-state index in [1.54, 1.807) is 13.0 Å². The summed E-state index contributed by atoms with van der Waals surface area (Å²) in [7, 11) is 0. The molecule has 0 aliphatic carbocycles. The van der Waals surface area contributed by atoms with Crippen LogP contribution in [0.3, 0.4) is 0 Å². The Balaban J connectivity index is 2.94. The van der Waals surface area contributed by atoms with Crippen molar-refractivity contribution in [2.24, 2.45) is 0 Å². The van der Waals surface area contributed by atoms with Gasteiger partial charge in [0.15, 0.2) is 0 Å². The zero-order valence-corrected chi connectivity index (χ0v) is 7.86. The molecule has 0 radical (unpaired) electrons. The van der Waals surface area contributed by atoms with Crippen molar-refractivity contribution in [1.82, 2.24) is 0 Å². The molecule has 0 amide bonds. The average molecular weight is 179 g/mol. The van der Waals surface area contributed by atoms with Gasteiger partial charge in [-0.3, -0.25) is 10.1 Å². The number of hydrogen-bond donors (Lipinski definition) is 0. The third-order valence-electron chi connectivity index (χ3n) is 2.16. The molecule has 0 fully saturated rings. The van der Waals surface area contributed by atoms with Crippen molar-refractivity contribution in [1.29, 1.82) is 0 Å². The highest BCUT2D eigenvalue weighted by Gasteiger charge is 2.15. The van der Waals surface area contributed by atoms with Crippen LogP contribution in [0.25, 0.3) is 0 Å². The molecule has 1 aromatic rings. The fraction of sp³-hybridized carbons (Fsp3) is 0.400. The summed E-state index contributed by atoms with van der Waals surface area (Å²) in [5, 5.41) is 10.5. The fourth-order valence-electron chi connectivity index (χ4n) is 1.19. The van der Waals surface area contributed by atoms with Crippen LogP contribution in [0.1, 0.15) is 31.0 Å². The van der Waals surface area contributed by atoms with E-state index in [0.29, 0.717) is 0 Å². The molecule has 0 aliphatic heterocycles. The Kier molecular flexibility index (Phi) is 3.01. The minimum atomic E-state index is -0.605. The van der Waals surface area contributed by atoms with Crippen molar-refractivity contribution in [3.8, 4) is 0 Å². The first-order valence-electron chi connectivity index (χ1n) is 4.37. The predicted molar refractivity (Wildman–Crippen MR) is 51.2 cm³/mol. The average Bonchev–Trinajstić information content (AvgIpc) is 2.16. The Morgan fingerprint density at radius 3 is 2.77 bits per heavy atom. The van der Waals surface area contributed by atoms with E-state index in [0.717, 1.165) is 17.5 Å². The number of hydrogen-bond acceptors (Lipinski definition) is 2.